The van der Waals surface area contributed by atoms with Crippen LogP contribution in [0.5, 0.6) is 0 Å². The normalized spacial score (nSPS) is 13.2. The van der Waals surface area contributed by atoms with Gasteiger partial charge in [-0.3, -0.25) is 4.57 Å². The summed E-state index contributed by atoms with van der Waals surface area (Å²) in [5.41, 5.74) is 0. The second-order valence-electron chi connectivity index (χ2n) is 9.59. The highest BCUT2D eigenvalue weighted by Gasteiger charge is 2.42. The van der Waals surface area contributed by atoms with Gasteiger partial charge in [-0.1, -0.05) is 0 Å². The molecule has 0 aliphatic heterocycles. The number of rotatable bonds is 33. The molecule has 0 fully saturated rings. The molecule has 0 aliphatic rings. The SMILES string of the molecule is CCO[Si](CCCNP(=O)(NCCC[Si](OCC)(OCC)OCC)NCCC[Si](OCC)(OCC)OCC)(OCC)OCC. The molecule has 0 rings (SSSR count). The van der Waals surface area contributed by atoms with Gasteiger partial charge in [-0.05, 0) is 81.6 Å². The minimum absolute atomic E-state index is 0.490. The molecule has 3 N–H and O–H groups in total. The van der Waals surface area contributed by atoms with E-state index in [1.165, 1.54) is 0 Å². The highest BCUT2D eigenvalue weighted by atomic mass is 31.2. The van der Waals surface area contributed by atoms with Gasteiger partial charge < -0.3 is 39.8 Å². The van der Waals surface area contributed by atoms with Crippen LogP contribution in [0.3, 0.4) is 0 Å². The first-order chi connectivity index (χ1) is 21.2. The van der Waals surface area contributed by atoms with Crippen LogP contribution in [0, 0.1) is 0 Å². The van der Waals surface area contributed by atoms with Crippen LogP contribution in [0.1, 0.15) is 81.6 Å². The van der Waals surface area contributed by atoms with E-state index in [0.29, 0.717) is 116 Å². The first-order valence-electron chi connectivity index (χ1n) is 16.8. The third-order valence-electron chi connectivity index (χ3n) is 6.26. The molecule has 0 saturated heterocycles. The van der Waals surface area contributed by atoms with Gasteiger partial charge in [-0.15, -0.1) is 0 Å². The number of nitrogens with one attached hydrogen (secondary N) is 3. The van der Waals surface area contributed by atoms with Crippen molar-refractivity contribution in [3.63, 3.8) is 0 Å². The van der Waals surface area contributed by atoms with Gasteiger partial charge in [0.25, 0.3) is 7.59 Å². The molecule has 13 nitrogen and oxygen atoms in total. The molecule has 0 saturated carbocycles. The summed E-state index contributed by atoms with van der Waals surface area (Å²) in [6.45, 7) is 23.7. The molecule has 0 amide bonds. The third-order valence-corrected chi connectivity index (χ3v) is 17.7. The summed E-state index contributed by atoms with van der Waals surface area (Å²) in [6.07, 6.45) is 2.05. The van der Waals surface area contributed by atoms with Gasteiger partial charge in [0.15, 0.2) is 0 Å². The molecule has 0 aliphatic carbocycles. The van der Waals surface area contributed by atoms with E-state index in [2.05, 4.69) is 15.3 Å². The average molecular weight is 708 g/mol. The van der Waals surface area contributed by atoms with Crippen molar-refractivity contribution in [2.45, 2.75) is 99.7 Å². The maximum Gasteiger partial charge on any atom is 0.500 e. The van der Waals surface area contributed by atoms with Crippen LogP contribution in [0.25, 0.3) is 0 Å². The van der Waals surface area contributed by atoms with Crippen LogP contribution in [0.4, 0.5) is 0 Å². The molecule has 44 heavy (non-hydrogen) atoms. The molecule has 0 aromatic rings. The molecule has 17 heteroatoms. The Bertz CT molecular complexity index is 595. The van der Waals surface area contributed by atoms with E-state index in [0.717, 1.165) is 0 Å². The zero-order chi connectivity index (χ0) is 33.2. The van der Waals surface area contributed by atoms with Crippen LogP contribution in [-0.2, 0) is 44.4 Å². The average Bonchev–Trinajstić information content (AvgIpc) is 2.97. The Labute approximate surface area is 272 Å². The van der Waals surface area contributed by atoms with E-state index in [-0.39, 0.29) is 0 Å². The standard InChI is InChI=1S/C27H66N3O10PSi3/c1-10-32-42(33-11-2,34-12-3)25-19-22-28-41(31,29-23-20-26-43(35-13-4,36-14-5)37-15-6)30-24-21-27-44(38-16-7,39-17-8)40-18-9/h10-27H2,1-9H3,(H3,28,29,30,31). The van der Waals surface area contributed by atoms with Gasteiger partial charge in [0.1, 0.15) is 0 Å². The van der Waals surface area contributed by atoms with Crippen molar-refractivity contribution in [2.75, 3.05) is 79.1 Å². The quantitative estimate of drug-likeness (QED) is 0.0470. The van der Waals surface area contributed by atoms with Crippen molar-refractivity contribution >= 4 is 34.0 Å². The van der Waals surface area contributed by atoms with E-state index in [1.807, 2.05) is 62.3 Å². The number of hydrogen-bond acceptors (Lipinski definition) is 10. The predicted octanol–water partition coefficient (Wildman–Crippen LogP) is 5.18. The Balaban J connectivity index is 5.48. The van der Waals surface area contributed by atoms with Crippen molar-refractivity contribution in [1.82, 2.24) is 15.3 Å². The highest BCUT2D eigenvalue weighted by molar-refractivity contribution is 7.57. The summed E-state index contributed by atoms with van der Waals surface area (Å²) in [6, 6.07) is 1.89. The molecular formula is C27H66N3O10PSi3. The van der Waals surface area contributed by atoms with Crippen LogP contribution < -0.4 is 15.3 Å². The molecule has 0 aromatic carbocycles. The minimum atomic E-state index is -3.17. The molecule has 0 heterocycles. The molecule has 0 unspecified atom stereocenters. The summed E-state index contributed by atoms with van der Waals surface area (Å²) in [4.78, 5) is 0. The van der Waals surface area contributed by atoms with E-state index in [1.54, 1.807) is 0 Å². The zero-order valence-electron chi connectivity index (χ0n) is 29.3. The molecular weight excluding hydrogens is 642 g/mol. The van der Waals surface area contributed by atoms with Crippen molar-refractivity contribution in [3.8, 4) is 0 Å². The smallest absolute Gasteiger partial charge is 0.374 e. The minimum Gasteiger partial charge on any atom is -0.374 e. The molecule has 0 bridgehead atoms. The molecule has 0 spiro atoms. The Kier molecular flexibility index (Phi) is 26.6. The van der Waals surface area contributed by atoms with Crippen molar-refractivity contribution in [2.24, 2.45) is 0 Å². The Morgan fingerprint density at radius 1 is 0.386 bits per heavy atom. The topological polar surface area (TPSA) is 136 Å². The third kappa shape index (κ3) is 18.1. The van der Waals surface area contributed by atoms with E-state index >= 15 is 0 Å². The van der Waals surface area contributed by atoms with Crippen LogP contribution >= 0.6 is 7.59 Å². The van der Waals surface area contributed by atoms with Gasteiger partial charge in [0.2, 0.25) is 0 Å². The predicted molar refractivity (Wildman–Crippen MR) is 182 cm³/mol. The zero-order valence-corrected chi connectivity index (χ0v) is 33.2. The first-order valence-corrected chi connectivity index (χ1v) is 24.3. The number of hydrogen-bond donors (Lipinski definition) is 3. The second-order valence-corrected chi connectivity index (χ2v) is 20.0. The van der Waals surface area contributed by atoms with Gasteiger partial charge in [-0.2, -0.15) is 0 Å². The second kappa shape index (κ2) is 26.4. The fourth-order valence-corrected chi connectivity index (χ4v) is 14.4. The fourth-order valence-electron chi connectivity index (χ4n) is 4.80. The van der Waals surface area contributed by atoms with Gasteiger partial charge >= 0.3 is 26.4 Å². The Morgan fingerprint density at radius 2 is 0.568 bits per heavy atom. The Hall–Kier alpha value is 0.401. The monoisotopic (exact) mass is 707 g/mol. The summed E-state index contributed by atoms with van der Waals surface area (Å²) >= 11 is 0. The Morgan fingerprint density at radius 3 is 0.727 bits per heavy atom. The summed E-state index contributed by atoms with van der Waals surface area (Å²) in [7, 11) is -11.5. The van der Waals surface area contributed by atoms with E-state index in [9.17, 15) is 4.57 Å². The molecule has 266 valence electrons. The molecule has 0 radical (unpaired) electrons. The van der Waals surface area contributed by atoms with Crippen LogP contribution in [0.15, 0.2) is 0 Å². The first kappa shape index (κ1) is 44.4. The van der Waals surface area contributed by atoms with E-state index in [4.69, 9.17) is 39.8 Å². The maximum atomic E-state index is 14.1. The summed E-state index contributed by atoms with van der Waals surface area (Å²) in [5.74, 6) is 0. The summed E-state index contributed by atoms with van der Waals surface area (Å²) < 4.78 is 68.0. The van der Waals surface area contributed by atoms with Gasteiger partial charge in [0.05, 0.1) is 0 Å². The van der Waals surface area contributed by atoms with Crippen molar-refractivity contribution in [1.29, 1.82) is 0 Å². The lowest BCUT2D eigenvalue weighted by Gasteiger charge is -2.30. The maximum absolute atomic E-state index is 14.1. The molecule has 0 aromatic heterocycles. The lowest BCUT2D eigenvalue weighted by atomic mass is 10.5. The summed E-state index contributed by atoms with van der Waals surface area (Å²) in [5, 5.41) is 9.80. The van der Waals surface area contributed by atoms with Crippen molar-refractivity contribution in [3.05, 3.63) is 0 Å². The van der Waals surface area contributed by atoms with Gasteiger partial charge in [0, 0.05) is 97.2 Å². The highest BCUT2D eigenvalue weighted by Crippen LogP contribution is 2.32. The van der Waals surface area contributed by atoms with Crippen molar-refractivity contribution < 1.29 is 44.4 Å². The van der Waals surface area contributed by atoms with Gasteiger partial charge in [-0.25, -0.2) is 15.3 Å². The van der Waals surface area contributed by atoms with E-state index < -0.39 is 34.0 Å². The largest absolute Gasteiger partial charge is 0.500 e. The van der Waals surface area contributed by atoms with Crippen LogP contribution in [0.2, 0.25) is 18.1 Å². The lowest BCUT2D eigenvalue weighted by molar-refractivity contribution is 0.0701. The lowest BCUT2D eigenvalue weighted by Crippen LogP contribution is -2.47. The van der Waals surface area contributed by atoms with Crippen LogP contribution in [-0.4, -0.2) is 106 Å². The fraction of sp³-hybridized carbons (Fsp3) is 1.00. The molecule has 0 atom stereocenters.